The number of methoxy groups -OCH3 is 1. The maximum atomic E-state index is 5.79. The summed E-state index contributed by atoms with van der Waals surface area (Å²) in [5.41, 5.74) is 3.57. The van der Waals surface area contributed by atoms with Gasteiger partial charge in [0.1, 0.15) is 5.75 Å². The van der Waals surface area contributed by atoms with Crippen LogP contribution in [0.2, 0.25) is 0 Å². The van der Waals surface area contributed by atoms with Crippen LogP contribution in [0, 0.1) is 20.8 Å². The minimum atomic E-state index is 0.602. The quantitative estimate of drug-likeness (QED) is 0.706. The van der Waals surface area contributed by atoms with Gasteiger partial charge in [0.05, 0.1) is 20.3 Å². The third kappa shape index (κ3) is 4.42. The van der Waals surface area contributed by atoms with Crippen molar-refractivity contribution in [3.63, 3.8) is 0 Å². The van der Waals surface area contributed by atoms with Crippen molar-refractivity contribution >= 4 is 0 Å². The molecule has 0 saturated carbocycles. The summed E-state index contributed by atoms with van der Waals surface area (Å²) in [6, 6.07) is 12.2. The van der Waals surface area contributed by atoms with Crippen LogP contribution in [0.15, 0.2) is 36.4 Å². The van der Waals surface area contributed by atoms with Gasteiger partial charge in [-0.1, -0.05) is 23.8 Å². The van der Waals surface area contributed by atoms with Crippen molar-refractivity contribution in [3.05, 3.63) is 53.1 Å². The third-order valence-corrected chi connectivity index (χ3v) is 3.45. The smallest absolute Gasteiger partial charge is 0.161 e. The van der Waals surface area contributed by atoms with Crippen molar-refractivity contribution < 1.29 is 14.2 Å². The predicted molar refractivity (Wildman–Crippen MR) is 89.3 cm³/mol. The van der Waals surface area contributed by atoms with Gasteiger partial charge < -0.3 is 14.2 Å². The summed E-state index contributed by atoms with van der Waals surface area (Å²) in [4.78, 5) is 0. The second-order valence-corrected chi connectivity index (χ2v) is 5.47. The molecule has 0 radical (unpaired) electrons. The van der Waals surface area contributed by atoms with Crippen molar-refractivity contribution in [2.75, 3.05) is 20.3 Å². The Labute approximate surface area is 132 Å². The molecule has 118 valence electrons. The summed E-state index contributed by atoms with van der Waals surface area (Å²) < 4.78 is 16.9. The van der Waals surface area contributed by atoms with Crippen LogP contribution in [-0.4, -0.2) is 20.3 Å². The lowest BCUT2D eigenvalue weighted by atomic mass is 10.1. The van der Waals surface area contributed by atoms with E-state index >= 15 is 0 Å². The summed E-state index contributed by atoms with van der Waals surface area (Å²) in [5, 5.41) is 0. The summed E-state index contributed by atoms with van der Waals surface area (Å²) >= 11 is 0. The summed E-state index contributed by atoms with van der Waals surface area (Å²) in [7, 11) is 1.66. The predicted octanol–water partition coefficient (Wildman–Crippen LogP) is 4.47. The molecule has 3 heteroatoms. The Balaban J connectivity index is 1.78. The Morgan fingerprint density at radius 1 is 0.727 bits per heavy atom. The van der Waals surface area contributed by atoms with Gasteiger partial charge in [-0.25, -0.2) is 0 Å². The van der Waals surface area contributed by atoms with E-state index in [0.29, 0.717) is 13.2 Å². The van der Waals surface area contributed by atoms with Gasteiger partial charge >= 0.3 is 0 Å². The largest absolute Gasteiger partial charge is 0.493 e. The first-order chi connectivity index (χ1) is 10.6. The molecular weight excluding hydrogens is 276 g/mol. The Hall–Kier alpha value is -2.16. The zero-order valence-electron chi connectivity index (χ0n) is 13.8. The molecule has 2 aromatic rings. The minimum Gasteiger partial charge on any atom is -0.493 e. The van der Waals surface area contributed by atoms with Gasteiger partial charge in [-0.05, 0) is 50.1 Å². The molecule has 0 heterocycles. The second kappa shape index (κ2) is 7.74. The van der Waals surface area contributed by atoms with Crippen molar-refractivity contribution in [1.29, 1.82) is 0 Å². The fraction of sp³-hybridized carbons (Fsp3) is 0.368. The standard InChI is InChI=1S/C19H24O3/c1-14-6-8-17(16(3)12-14)21-10-5-11-22-18-9-7-15(2)13-19(18)20-4/h6-9,12-13H,5,10-11H2,1-4H3. The van der Waals surface area contributed by atoms with Gasteiger partial charge in [-0.15, -0.1) is 0 Å². The first-order valence-electron chi connectivity index (χ1n) is 7.57. The lowest BCUT2D eigenvalue weighted by molar-refractivity contribution is 0.239. The molecule has 0 aromatic heterocycles. The molecule has 0 bridgehead atoms. The molecule has 2 aromatic carbocycles. The lowest BCUT2D eigenvalue weighted by Gasteiger charge is -2.12. The molecule has 0 aliphatic rings. The van der Waals surface area contributed by atoms with Crippen molar-refractivity contribution in [3.8, 4) is 17.2 Å². The van der Waals surface area contributed by atoms with Gasteiger partial charge in [0.25, 0.3) is 0 Å². The summed E-state index contributed by atoms with van der Waals surface area (Å²) in [6.07, 6.45) is 0.824. The van der Waals surface area contributed by atoms with Crippen molar-refractivity contribution in [2.45, 2.75) is 27.2 Å². The average molecular weight is 300 g/mol. The first kappa shape index (κ1) is 16.2. The van der Waals surface area contributed by atoms with Gasteiger partial charge in [-0.3, -0.25) is 0 Å². The van der Waals surface area contributed by atoms with Gasteiger partial charge in [0.2, 0.25) is 0 Å². The highest BCUT2D eigenvalue weighted by atomic mass is 16.5. The molecule has 0 amide bonds. The van der Waals surface area contributed by atoms with E-state index in [2.05, 4.69) is 26.0 Å². The van der Waals surface area contributed by atoms with Crippen LogP contribution in [0.25, 0.3) is 0 Å². The van der Waals surface area contributed by atoms with Gasteiger partial charge in [0.15, 0.2) is 11.5 Å². The second-order valence-electron chi connectivity index (χ2n) is 5.47. The molecule has 0 aliphatic carbocycles. The number of ether oxygens (including phenoxy) is 3. The zero-order chi connectivity index (χ0) is 15.9. The van der Waals surface area contributed by atoms with Crippen LogP contribution in [0.3, 0.4) is 0 Å². The normalized spacial score (nSPS) is 10.4. The topological polar surface area (TPSA) is 27.7 Å². The minimum absolute atomic E-state index is 0.602. The van der Waals surface area contributed by atoms with E-state index in [1.54, 1.807) is 7.11 Å². The fourth-order valence-electron chi connectivity index (χ4n) is 2.28. The van der Waals surface area contributed by atoms with Crippen molar-refractivity contribution in [2.24, 2.45) is 0 Å². The number of hydrogen-bond acceptors (Lipinski definition) is 3. The van der Waals surface area contributed by atoms with Crippen LogP contribution in [-0.2, 0) is 0 Å². The van der Waals surface area contributed by atoms with E-state index < -0.39 is 0 Å². The van der Waals surface area contributed by atoms with E-state index in [1.807, 2.05) is 31.2 Å². The Bertz CT molecular complexity index is 620. The number of benzene rings is 2. The Kier molecular flexibility index (Phi) is 5.70. The summed E-state index contributed by atoms with van der Waals surface area (Å²) in [5.74, 6) is 2.49. The molecule has 2 rings (SSSR count). The molecule has 22 heavy (non-hydrogen) atoms. The fourth-order valence-corrected chi connectivity index (χ4v) is 2.28. The maximum Gasteiger partial charge on any atom is 0.161 e. The molecule has 0 fully saturated rings. The van der Waals surface area contributed by atoms with E-state index in [9.17, 15) is 0 Å². The third-order valence-electron chi connectivity index (χ3n) is 3.45. The van der Waals surface area contributed by atoms with Crippen LogP contribution >= 0.6 is 0 Å². The Morgan fingerprint density at radius 2 is 1.32 bits per heavy atom. The van der Waals surface area contributed by atoms with E-state index in [-0.39, 0.29) is 0 Å². The maximum absolute atomic E-state index is 5.79. The zero-order valence-corrected chi connectivity index (χ0v) is 13.8. The lowest BCUT2D eigenvalue weighted by Crippen LogP contribution is -2.06. The molecule has 3 nitrogen and oxygen atoms in total. The van der Waals surface area contributed by atoms with E-state index in [4.69, 9.17) is 14.2 Å². The van der Waals surface area contributed by atoms with Gasteiger partial charge in [-0.2, -0.15) is 0 Å². The molecule has 0 aliphatic heterocycles. The van der Waals surface area contributed by atoms with Crippen LogP contribution < -0.4 is 14.2 Å². The number of aryl methyl sites for hydroxylation is 3. The molecule has 0 saturated heterocycles. The molecular formula is C19H24O3. The first-order valence-corrected chi connectivity index (χ1v) is 7.57. The Morgan fingerprint density at radius 3 is 1.95 bits per heavy atom. The molecule has 0 unspecified atom stereocenters. The summed E-state index contributed by atoms with van der Waals surface area (Å²) in [6.45, 7) is 7.42. The average Bonchev–Trinajstić information content (AvgIpc) is 2.50. The van der Waals surface area contributed by atoms with Crippen molar-refractivity contribution in [1.82, 2.24) is 0 Å². The molecule has 0 spiro atoms. The monoisotopic (exact) mass is 300 g/mol. The van der Waals surface area contributed by atoms with Crippen LogP contribution in [0.1, 0.15) is 23.1 Å². The van der Waals surface area contributed by atoms with E-state index in [0.717, 1.165) is 29.2 Å². The highest BCUT2D eigenvalue weighted by Gasteiger charge is 2.04. The van der Waals surface area contributed by atoms with Crippen LogP contribution in [0.5, 0.6) is 17.2 Å². The number of rotatable bonds is 7. The number of hydrogen-bond donors (Lipinski definition) is 0. The highest BCUT2D eigenvalue weighted by molar-refractivity contribution is 5.42. The highest BCUT2D eigenvalue weighted by Crippen LogP contribution is 2.27. The molecule has 0 N–H and O–H groups in total. The van der Waals surface area contributed by atoms with E-state index in [1.165, 1.54) is 11.1 Å². The van der Waals surface area contributed by atoms with Gasteiger partial charge in [0, 0.05) is 6.42 Å². The molecule has 0 atom stereocenters. The SMILES string of the molecule is COc1cc(C)ccc1OCCCOc1ccc(C)cc1C. The van der Waals surface area contributed by atoms with Crippen LogP contribution in [0.4, 0.5) is 0 Å².